The normalized spacial score (nSPS) is 10.9. The zero-order valence-corrected chi connectivity index (χ0v) is 7.40. The Morgan fingerprint density at radius 2 is 0.923 bits per heavy atom. The molecule has 3 aromatic rings. The van der Waals surface area contributed by atoms with Crippen LogP contribution < -0.4 is 0 Å². The molecule has 5 heteroatoms. The van der Waals surface area contributed by atoms with E-state index < -0.39 is 10.4 Å². The van der Waals surface area contributed by atoms with E-state index in [0.29, 0.717) is 0 Å². The molecule has 3 aromatic carbocycles. The number of hydrogen-bond donors (Lipinski definition) is 2. The molecule has 0 amide bonds. The molecular weight excluding hydrogens is 192 g/mol. The maximum atomic E-state index is 8.74. The Morgan fingerprint density at radius 3 is 1.00 bits per heavy atom. The summed E-state index contributed by atoms with van der Waals surface area (Å²) >= 11 is 0. The lowest BCUT2D eigenvalue weighted by molar-refractivity contribution is 0.381. The summed E-state index contributed by atoms with van der Waals surface area (Å²) in [6, 6.07) is 12.7. The van der Waals surface area contributed by atoms with Crippen molar-refractivity contribution in [2.75, 3.05) is 0 Å². The zero-order valence-electron chi connectivity index (χ0n) is 6.58. The van der Waals surface area contributed by atoms with Gasteiger partial charge in [0.05, 0.1) is 0 Å². The number of hydrogen-bond acceptors (Lipinski definition) is 2. The van der Waals surface area contributed by atoms with Gasteiger partial charge in [-0.05, 0) is 10.8 Å². The van der Waals surface area contributed by atoms with Gasteiger partial charge in [0.15, 0.2) is 0 Å². The smallest absolute Gasteiger partial charge is 0.264 e. The summed E-state index contributed by atoms with van der Waals surface area (Å²) in [6.07, 6.45) is 0. The molecule has 0 saturated heterocycles. The molecule has 0 radical (unpaired) electrons. The van der Waals surface area contributed by atoms with Crippen LogP contribution in [0, 0.1) is 0 Å². The summed E-state index contributed by atoms with van der Waals surface area (Å²) in [5, 5.41) is 2.61. The molecule has 13 heavy (non-hydrogen) atoms. The fourth-order valence-corrected chi connectivity index (χ4v) is 0.911. The predicted molar refractivity (Wildman–Crippen MR) is 49.3 cm³/mol. The van der Waals surface area contributed by atoms with Crippen LogP contribution in [-0.2, 0) is 10.4 Å². The molecule has 0 aromatic heterocycles. The summed E-state index contributed by atoms with van der Waals surface area (Å²) in [5.74, 6) is 0. The average molecular weight is 200 g/mol. The van der Waals surface area contributed by atoms with E-state index in [-0.39, 0.29) is 0 Å². The van der Waals surface area contributed by atoms with Gasteiger partial charge in [-0.15, -0.1) is 0 Å². The third-order valence-corrected chi connectivity index (χ3v) is 1.40. The van der Waals surface area contributed by atoms with Crippen molar-refractivity contribution in [3.63, 3.8) is 0 Å². The van der Waals surface area contributed by atoms with Crippen LogP contribution in [0.5, 0.6) is 0 Å². The molecule has 0 unspecified atom stereocenters. The molecule has 0 atom stereocenters. The van der Waals surface area contributed by atoms with Crippen molar-refractivity contribution in [1.29, 1.82) is 0 Å². The van der Waals surface area contributed by atoms with Gasteiger partial charge in [-0.3, -0.25) is 9.11 Å². The molecule has 0 heterocycles. The van der Waals surface area contributed by atoms with E-state index in [1.807, 2.05) is 0 Å². The Balaban J connectivity index is 0.000000149. The lowest BCUT2D eigenvalue weighted by Gasteiger charge is -1.92. The van der Waals surface area contributed by atoms with E-state index in [1.54, 1.807) is 0 Å². The monoisotopic (exact) mass is 200 g/mol. The minimum absolute atomic E-state index is 1.31. The summed E-state index contributed by atoms with van der Waals surface area (Å²) in [7, 11) is -4.67. The minimum Gasteiger partial charge on any atom is -0.264 e. The van der Waals surface area contributed by atoms with Crippen LogP contribution in [-0.4, -0.2) is 17.5 Å². The van der Waals surface area contributed by atoms with Gasteiger partial charge in [-0.25, -0.2) is 0 Å². The van der Waals surface area contributed by atoms with Crippen molar-refractivity contribution in [3.8, 4) is 0 Å². The largest absolute Gasteiger partial charge is 0.394 e. The van der Waals surface area contributed by atoms with Crippen molar-refractivity contribution in [2.45, 2.75) is 0 Å². The quantitative estimate of drug-likeness (QED) is 0.634. The highest BCUT2D eigenvalue weighted by Crippen LogP contribution is 2.09. The van der Waals surface area contributed by atoms with E-state index >= 15 is 0 Å². The van der Waals surface area contributed by atoms with Gasteiger partial charge in [-0.2, -0.15) is 8.42 Å². The number of benzene rings is 3. The Labute approximate surface area is 75.7 Å². The first-order chi connectivity index (χ1) is 5.95. The van der Waals surface area contributed by atoms with E-state index in [1.165, 1.54) is 10.8 Å². The highest BCUT2D eigenvalue weighted by molar-refractivity contribution is 7.79. The van der Waals surface area contributed by atoms with E-state index in [4.69, 9.17) is 17.5 Å². The van der Waals surface area contributed by atoms with Gasteiger partial charge in [0.2, 0.25) is 0 Å². The second-order valence-corrected chi connectivity index (χ2v) is 3.34. The standard InChI is InChI=1S/C8H6.H2O4S/c1-2-8-5-3-7(1)4-6-8;1-5(2,3)4/h1-6H;(H2,1,2,3,4). The second kappa shape index (κ2) is 3.69. The zero-order chi connectivity index (χ0) is 9.90. The first-order valence-corrected chi connectivity index (χ1v) is 4.83. The van der Waals surface area contributed by atoms with Crippen LogP contribution >= 0.6 is 0 Å². The van der Waals surface area contributed by atoms with Gasteiger partial charge >= 0.3 is 10.4 Å². The van der Waals surface area contributed by atoms with Crippen molar-refractivity contribution in [1.82, 2.24) is 0 Å². The second-order valence-electron chi connectivity index (χ2n) is 2.45. The molecule has 0 aliphatic heterocycles. The van der Waals surface area contributed by atoms with Gasteiger partial charge in [0, 0.05) is 0 Å². The minimum atomic E-state index is -4.67. The molecule has 70 valence electrons. The van der Waals surface area contributed by atoms with Crippen LogP contribution in [0.2, 0.25) is 0 Å². The van der Waals surface area contributed by atoms with E-state index in [0.717, 1.165) is 0 Å². The number of fused-ring (bicyclic) bond motifs is 3. The van der Waals surface area contributed by atoms with Gasteiger partial charge in [-0.1, -0.05) is 36.4 Å². The SMILES string of the molecule is O=S(=O)(O)O.c1cc2ccc1cc2. The molecule has 2 bridgehead atoms. The van der Waals surface area contributed by atoms with Crippen LogP contribution in [0.1, 0.15) is 0 Å². The van der Waals surface area contributed by atoms with E-state index in [9.17, 15) is 0 Å². The van der Waals surface area contributed by atoms with Crippen molar-refractivity contribution in [3.05, 3.63) is 36.4 Å². The Bertz CT molecular complexity index is 377. The molecule has 0 fully saturated rings. The van der Waals surface area contributed by atoms with Gasteiger partial charge in [0.1, 0.15) is 0 Å². The molecule has 4 nitrogen and oxygen atoms in total. The fourth-order valence-electron chi connectivity index (χ4n) is 0.911. The highest BCUT2D eigenvalue weighted by Gasteiger charge is 1.85. The Morgan fingerprint density at radius 1 is 0.769 bits per heavy atom. The third kappa shape index (κ3) is 4.41. The van der Waals surface area contributed by atoms with Crippen LogP contribution in [0.4, 0.5) is 0 Å². The van der Waals surface area contributed by atoms with Crippen LogP contribution in [0.3, 0.4) is 0 Å². The topological polar surface area (TPSA) is 74.6 Å². The summed E-state index contributed by atoms with van der Waals surface area (Å²) in [4.78, 5) is 0. The van der Waals surface area contributed by atoms with Crippen LogP contribution in [0.25, 0.3) is 10.8 Å². The molecule has 0 saturated carbocycles. The molecule has 0 spiro atoms. The van der Waals surface area contributed by atoms with E-state index in [2.05, 4.69) is 36.4 Å². The molecule has 0 aliphatic carbocycles. The fraction of sp³-hybridized carbons (Fsp3) is 0. The van der Waals surface area contributed by atoms with Gasteiger partial charge in [0.25, 0.3) is 0 Å². The molecule has 0 aliphatic rings. The van der Waals surface area contributed by atoms with Gasteiger partial charge < -0.3 is 0 Å². The summed E-state index contributed by atoms with van der Waals surface area (Å²) in [5.41, 5.74) is 0. The van der Waals surface area contributed by atoms with Crippen molar-refractivity contribution in [2.24, 2.45) is 0 Å². The lowest BCUT2D eigenvalue weighted by Crippen LogP contribution is -1.89. The maximum Gasteiger partial charge on any atom is 0.394 e. The van der Waals surface area contributed by atoms with Crippen molar-refractivity contribution < 1.29 is 17.5 Å². The first kappa shape index (κ1) is 9.91. The molecule has 2 N–H and O–H groups in total. The summed E-state index contributed by atoms with van der Waals surface area (Å²) < 4.78 is 31.6. The Hall–Kier alpha value is -1.17. The predicted octanol–water partition coefficient (Wildman–Crippen LogP) is 1.62. The highest BCUT2D eigenvalue weighted by atomic mass is 32.3. The summed E-state index contributed by atoms with van der Waals surface area (Å²) in [6.45, 7) is 0. The lowest BCUT2D eigenvalue weighted by atomic mass is 10.1. The number of rotatable bonds is 0. The average Bonchev–Trinajstić information content (AvgIpc) is 2.05. The van der Waals surface area contributed by atoms with Crippen molar-refractivity contribution >= 4 is 21.2 Å². The first-order valence-electron chi connectivity index (χ1n) is 3.43. The third-order valence-electron chi connectivity index (χ3n) is 1.40. The molecular formula is C8H8O4S. The Kier molecular flexibility index (Phi) is 2.82. The van der Waals surface area contributed by atoms with Crippen LogP contribution in [0.15, 0.2) is 36.4 Å². The maximum absolute atomic E-state index is 8.74. The molecule has 3 rings (SSSR count).